The van der Waals surface area contributed by atoms with Crippen molar-refractivity contribution in [3.05, 3.63) is 101 Å². The minimum absolute atomic E-state index is 0.0288. The molecule has 3 fully saturated rings. The van der Waals surface area contributed by atoms with Crippen LogP contribution in [0.5, 0.6) is 0 Å². The maximum absolute atomic E-state index is 12.8. The number of carbonyl (C=O) groups excluding carboxylic acids is 3. The molecule has 3 aromatic carbocycles. The van der Waals surface area contributed by atoms with E-state index in [9.17, 15) is 14.4 Å². The summed E-state index contributed by atoms with van der Waals surface area (Å²) in [6.07, 6.45) is 6.41. The Morgan fingerprint density at radius 3 is 2.28 bits per heavy atom. The Morgan fingerprint density at radius 2 is 1.57 bits per heavy atom. The first-order chi connectivity index (χ1) is 31.3. The van der Waals surface area contributed by atoms with E-state index in [4.69, 9.17) is 9.51 Å². The zero-order chi connectivity index (χ0) is 45.2. The number of rotatable bonds is 12. The van der Waals surface area contributed by atoms with Crippen molar-refractivity contribution in [3.63, 3.8) is 0 Å². The molecule has 338 valence electrons. The van der Waals surface area contributed by atoms with E-state index in [1.54, 1.807) is 0 Å². The number of anilines is 3. The first-order valence-electron chi connectivity index (χ1n) is 22.9. The van der Waals surface area contributed by atoms with Crippen LogP contribution >= 0.6 is 0 Å². The normalized spacial score (nSPS) is 17.7. The van der Waals surface area contributed by atoms with Gasteiger partial charge in [-0.05, 0) is 117 Å². The first-order valence-corrected chi connectivity index (χ1v) is 22.9. The summed E-state index contributed by atoms with van der Waals surface area (Å²) in [5, 5.41) is 21.2. The Morgan fingerprint density at radius 1 is 0.831 bits per heavy atom. The number of benzene rings is 3. The largest absolute Gasteiger partial charge is 0.373 e. The van der Waals surface area contributed by atoms with Gasteiger partial charge in [0.2, 0.25) is 17.7 Å². The molecule has 0 aliphatic carbocycles. The summed E-state index contributed by atoms with van der Waals surface area (Å²) >= 11 is 0. The van der Waals surface area contributed by atoms with Gasteiger partial charge in [-0.1, -0.05) is 50.2 Å². The predicted octanol–water partition coefficient (Wildman–Crippen LogP) is 7.17. The molecule has 0 radical (unpaired) electrons. The summed E-state index contributed by atoms with van der Waals surface area (Å²) in [4.78, 5) is 53.1. The molecule has 6 aromatic rings. The quantitative estimate of drug-likeness (QED) is 0.0914. The van der Waals surface area contributed by atoms with Gasteiger partial charge in [0.25, 0.3) is 11.7 Å². The summed E-state index contributed by atoms with van der Waals surface area (Å²) in [6, 6.07) is 23.2. The van der Waals surface area contributed by atoms with Crippen LogP contribution in [0.1, 0.15) is 86.1 Å². The molecule has 65 heavy (non-hydrogen) atoms. The van der Waals surface area contributed by atoms with E-state index in [1.165, 1.54) is 30.6 Å². The van der Waals surface area contributed by atoms with Crippen molar-refractivity contribution in [2.75, 3.05) is 60.9 Å². The lowest BCUT2D eigenvalue weighted by atomic mass is 9.92. The van der Waals surface area contributed by atoms with Crippen LogP contribution in [0.4, 0.5) is 17.1 Å². The summed E-state index contributed by atoms with van der Waals surface area (Å²) < 4.78 is 5.29. The van der Waals surface area contributed by atoms with Gasteiger partial charge in [-0.25, -0.2) is 4.98 Å². The molecular weight excluding hydrogens is 819 g/mol. The number of amides is 3. The fraction of sp³-hybridized carbons (Fsp3) is 0.420. The van der Waals surface area contributed by atoms with Crippen molar-refractivity contribution in [1.29, 1.82) is 0 Å². The minimum atomic E-state index is -0.377. The number of pyridine rings is 1. The molecule has 3 aliphatic heterocycles. The van der Waals surface area contributed by atoms with Crippen LogP contribution in [0, 0.1) is 19.8 Å². The average Bonchev–Trinajstić information content (AvgIpc) is 3.99. The second-order valence-corrected chi connectivity index (χ2v) is 18.9. The minimum Gasteiger partial charge on any atom is -0.373 e. The molecule has 15 heteroatoms. The van der Waals surface area contributed by atoms with Crippen molar-refractivity contribution in [2.45, 2.75) is 84.7 Å². The van der Waals surface area contributed by atoms with Crippen LogP contribution < -0.4 is 25.8 Å². The second-order valence-electron chi connectivity index (χ2n) is 18.9. The number of imide groups is 1. The molecule has 0 bridgehead atoms. The SMILES string of the molecule is Cc1cc(-c2[nH]nc3ncc(-c4ccc(N5CCN(CCC6CCN(c7ccc(NC8CCC(=O)NC8=O)c(C)c7)CC6)CC5)cc4)cc23)ccc1CNC(=O)c1noc(C(C)(C)C)n1. The number of aromatic nitrogens is 5. The van der Waals surface area contributed by atoms with Crippen molar-refractivity contribution < 1.29 is 18.9 Å². The number of carbonyl (C=O) groups is 3. The third kappa shape index (κ3) is 9.90. The molecule has 3 saturated heterocycles. The number of H-pyrrole nitrogens is 1. The standard InChI is InChI=1S/C50H59N11O4/c1-31-26-35(6-7-36(31)29-52-48(64)46-55-49(65-58-46)50(3,4)5)44-40-28-37(30-51-45(40)57-56-44)34-8-10-38(11-9-34)61-24-22-59(23-25-61)19-16-33-17-20-60(21-18-33)39-12-13-41(32(2)27-39)53-42-14-15-43(62)54-47(42)63/h6-13,26-28,30,33,42,53H,14-25,29H2,1-5H3,(H,52,64)(H,51,56,57)(H,54,62,63). The molecule has 15 nitrogen and oxygen atoms in total. The molecule has 1 unspecified atom stereocenters. The molecule has 3 aromatic heterocycles. The van der Waals surface area contributed by atoms with Gasteiger partial charge in [-0.2, -0.15) is 10.1 Å². The van der Waals surface area contributed by atoms with E-state index in [0.717, 1.165) is 102 Å². The number of hydrogen-bond donors (Lipinski definition) is 4. The van der Waals surface area contributed by atoms with Crippen LogP contribution in [-0.2, 0) is 21.5 Å². The lowest BCUT2D eigenvalue weighted by Gasteiger charge is -2.38. The van der Waals surface area contributed by atoms with Gasteiger partial charge in [0, 0.05) is 97.4 Å². The zero-order valence-electron chi connectivity index (χ0n) is 38.0. The maximum atomic E-state index is 12.8. The Labute approximate surface area is 379 Å². The Hall–Kier alpha value is -6.61. The second kappa shape index (κ2) is 18.5. The van der Waals surface area contributed by atoms with Gasteiger partial charge < -0.3 is 25.0 Å². The number of aryl methyl sites for hydroxylation is 2. The van der Waals surface area contributed by atoms with Crippen molar-refractivity contribution >= 4 is 45.8 Å². The van der Waals surface area contributed by atoms with Gasteiger partial charge in [-0.15, -0.1) is 0 Å². The number of nitrogens with zero attached hydrogens (tertiary/aromatic N) is 7. The number of piperazine rings is 1. The van der Waals surface area contributed by atoms with Gasteiger partial charge in [0.1, 0.15) is 6.04 Å². The Kier molecular flexibility index (Phi) is 12.4. The molecule has 6 heterocycles. The topological polar surface area (TPSA) is 178 Å². The van der Waals surface area contributed by atoms with E-state index in [1.807, 2.05) is 46.0 Å². The van der Waals surface area contributed by atoms with Gasteiger partial charge >= 0.3 is 0 Å². The van der Waals surface area contributed by atoms with E-state index in [-0.39, 0.29) is 35.0 Å². The van der Waals surface area contributed by atoms with Crippen molar-refractivity contribution in [3.8, 4) is 22.4 Å². The molecule has 0 saturated carbocycles. The highest BCUT2D eigenvalue weighted by Gasteiger charge is 2.28. The smallest absolute Gasteiger partial charge is 0.292 e. The van der Waals surface area contributed by atoms with Gasteiger partial charge in [0.05, 0.1) is 5.69 Å². The summed E-state index contributed by atoms with van der Waals surface area (Å²) in [5.41, 5.74) is 10.9. The third-order valence-electron chi connectivity index (χ3n) is 13.3. The first kappa shape index (κ1) is 43.6. The molecule has 1 atom stereocenters. The highest BCUT2D eigenvalue weighted by atomic mass is 16.5. The van der Waals surface area contributed by atoms with Crippen LogP contribution in [0.2, 0.25) is 0 Å². The molecule has 3 aliphatic rings. The predicted molar refractivity (Wildman–Crippen MR) is 253 cm³/mol. The Balaban J connectivity index is 0.735. The van der Waals surface area contributed by atoms with Crippen LogP contribution in [0.15, 0.2) is 77.4 Å². The molecule has 4 N–H and O–H groups in total. The Bertz CT molecular complexity index is 2690. The number of fused-ring (bicyclic) bond motifs is 1. The van der Waals surface area contributed by atoms with Crippen LogP contribution in [0.3, 0.4) is 0 Å². The number of nitrogens with one attached hydrogen (secondary N) is 4. The van der Waals surface area contributed by atoms with E-state index < -0.39 is 0 Å². The maximum Gasteiger partial charge on any atom is 0.292 e. The number of hydrogen-bond acceptors (Lipinski definition) is 12. The average molecular weight is 878 g/mol. The molecule has 0 spiro atoms. The lowest BCUT2D eigenvalue weighted by Crippen LogP contribution is -2.47. The summed E-state index contributed by atoms with van der Waals surface area (Å²) in [6.45, 7) is 17.7. The summed E-state index contributed by atoms with van der Waals surface area (Å²) in [7, 11) is 0. The molecule has 3 amide bonds. The van der Waals surface area contributed by atoms with Crippen molar-refractivity contribution in [2.24, 2.45) is 5.92 Å². The third-order valence-corrected chi connectivity index (χ3v) is 13.3. The van der Waals surface area contributed by atoms with E-state index >= 15 is 0 Å². The fourth-order valence-electron chi connectivity index (χ4n) is 9.17. The van der Waals surface area contributed by atoms with E-state index in [0.29, 0.717) is 30.9 Å². The molecule has 9 rings (SSSR count). The number of piperidine rings is 2. The number of aromatic amines is 1. The van der Waals surface area contributed by atoms with Gasteiger partial charge in [-0.3, -0.25) is 29.7 Å². The summed E-state index contributed by atoms with van der Waals surface area (Å²) in [5.74, 6) is 0.371. The molecular formula is C50H59N11O4. The van der Waals surface area contributed by atoms with Crippen LogP contribution in [-0.4, -0.2) is 99.8 Å². The highest BCUT2D eigenvalue weighted by molar-refractivity contribution is 6.01. The lowest BCUT2D eigenvalue weighted by molar-refractivity contribution is -0.133. The highest BCUT2D eigenvalue weighted by Crippen LogP contribution is 2.33. The van der Waals surface area contributed by atoms with Crippen molar-refractivity contribution in [1.82, 2.24) is 40.9 Å². The monoisotopic (exact) mass is 877 g/mol. The zero-order valence-corrected chi connectivity index (χ0v) is 38.0. The van der Waals surface area contributed by atoms with Crippen LogP contribution in [0.25, 0.3) is 33.4 Å². The van der Waals surface area contributed by atoms with E-state index in [2.05, 4.69) is 113 Å². The fourth-order valence-corrected chi connectivity index (χ4v) is 9.17. The van der Waals surface area contributed by atoms with Gasteiger partial charge in [0.15, 0.2) is 5.65 Å².